The second-order valence-corrected chi connectivity index (χ2v) is 4.97. The average molecular weight is 280 g/mol. The first-order valence-electron chi connectivity index (χ1n) is 6.85. The fourth-order valence-electron chi connectivity index (χ4n) is 1.78. The maximum Gasteiger partial charge on any atom is 0.221 e. The fraction of sp³-hybridized carbons (Fsp3) is 0.533. The highest BCUT2D eigenvalue weighted by Crippen LogP contribution is 2.16. The molecule has 1 atom stereocenters. The molecular formula is C15H24N2O3. The molecule has 0 spiro atoms. The number of benzene rings is 1. The second-order valence-electron chi connectivity index (χ2n) is 4.97. The lowest BCUT2D eigenvalue weighted by Crippen LogP contribution is -2.33. The van der Waals surface area contributed by atoms with Gasteiger partial charge >= 0.3 is 0 Å². The van der Waals surface area contributed by atoms with Crippen molar-refractivity contribution in [2.75, 3.05) is 20.2 Å². The van der Waals surface area contributed by atoms with Crippen LogP contribution in [0, 0.1) is 0 Å². The van der Waals surface area contributed by atoms with Gasteiger partial charge in [0.15, 0.2) is 0 Å². The lowest BCUT2D eigenvalue weighted by molar-refractivity contribution is -0.121. The topological polar surface area (TPSA) is 70.6 Å². The van der Waals surface area contributed by atoms with E-state index in [9.17, 15) is 9.90 Å². The predicted octanol–water partition coefficient (Wildman–Crippen LogP) is 1.23. The van der Waals surface area contributed by atoms with E-state index in [4.69, 9.17) is 4.74 Å². The summed E-state index contributed by atoms with van der Waals surface area (Å²) in [7, 11) is 1.61. The molecule has 5 nitrogen and oxygen atoms in total. The van der Waals surface area contributed by atoms with Crippen molar-refractivity contribution in [2.24, 2.45) is 0 Å². The first kappa shape index (κ1) is 16.5. The number of aliphatic hydroxyl groups excluding tert-OH is 1. The summed E-state index contributed by atoms with van der Waals surface area (Å²) in [5.74, 6) is 0.783. The normalized spacial score (nSPS) is 12.2. The Morgan fingerprint density at radius 3 is 2.50 bits per heavy atom. The van der Waals surface area contributed by atoms with Crippen molar-refractivity contribution in [1.82, 2.24) is 10.6 Å². The maximum atomic E-state index is 11.4. The van der Waals surface area contributed by atoms with E-state index in [1.807, 2.05) is 38.1 Å². The highest BCUT2D eigenvalue weighted by atomic mass is 16.5. The van der Waals surface area contributed by atoms with Crippen molar-refractivity contribution in [3.63, 3.8) is 0 Å². The molecule has 1 unspecified atom stereocenters. The molecule has 5 heteroatoms. The molecule has 0 radical (unpaired) electrons. The summed E-state index contributed by atoms with van der Waals surface area (Å²) in [6.45, 7) is 4.82. The number of ether oxygens (including phenoxy) is 1. The van der Waals surface area contributed by atoms with Gasteiger partial charge in [-0.1, -0.05) is 12.1 Å². The van der Waals surface area contributed by atoms with Crippen LogP contribution in [0.4, 0.5) is 0 Å². The monoisotopic (exact) mass is 280 g/mol. The van der Waals surface area contributed by atoms with Crippen molar-refractivity contribution >= 4 is 5.91 Å². The fourth-order valence-corrected chi connectivity index (χ4v) is 1.78. The molecule has 112 valence electrons. The number of carbonyl (C=O) groups excluding carboxylic acids is 1. The minimum atomic E-state index is -0.589. The Morgan fingerprint density at radius 1 is 1.30 bits per heavy atom. The van der Waals surface area contributed by atoms with Crippen LogP contribution in [-0.4, -0.2) is 37.3 Å². The zero-order valence-electron chi connectivity index (χ0n) is 12.3. The van der Waals surface area contributed by atoms with Gasteiger partial charge in [0.25, 0.3) is 0 Å². The number of hydrogen-bond acceptors (Lipinski definition) is 4. The lowest BCUT2D eigenvalue weighted by Gasteiger charge is -2.13. The molecule has 0 aromatic heterocycles. The first-order valence-corrected chi connectivity index (χ1v) is 6.85. The van der Waals surface area contributed by atoms with Crippen LogP contribution >= 0.6 is 0 Å². The van der Waals surface area contributed by atoms with Gasteiger partial charge in [0.1, 0.15) is 5.75 Å². The zero-order valence-corrected chi connectivity index (χ0v) is 12.3. The summed E-state index contributed by atoms with van der Waals surface area (Å²) >= 11 is 0. The van der Waals surface area contributed by atoms with E-state index >= 15 is 0 Å². The molecule has 0 heterocycles. The quantitative estimate of drug-likeness (QED) is 0.626. The van der Waals surface area contributed by atoms with Crippen LogP contribution < -0.4 is 15.4 Å². The van der Waals surface area contributed by atoms with Gasteiger partial charge in [-0.2, -0.15) is 0 Å². The van der Waals surface area contributed by atoms with Gasteiger partial charge < -0.3 is 20.5 Å². The van der Waals surface area contributed by atoms with E-state index in [1.165, 1.54) is 0 Å². The third-order valence-corrected chi connectivity index (χ3v) is 2.82. The summed E-state index contributed by atoms with van der Waals surface area (Å²) in [6, 6.07) is 7.45. The van der Waals surface area contributed by atoms with Crippen molar-refractivity contribution in [3.05, 3.63) is 29.8 Å². The van der Waals surface area contributed by atoms with Crippen LogP contribution in [0.5, 0.6) is 5.75 Å². The molecular weight excluding hydrogens is 256 g/mol. The van der Waals surface area contributed by atoms with Crippen LogP contribution in [0.15, 0.2) is 24.3 Å². The minimum Gasteiger partial charge on any atom is -0.497 e. The molecule has 3 N–H and O–H groups in total. The van der Waals surface area contributed by atoms with E-state index in [2.05, 4.69) is 10.6 Å². The molecule has 0 aliphatic heterocycles. The Hall–Kier alpha value is -1.59. The maximum absolute atomic E-state index is 11.4. The van der Waals surface area contributed by atoms with Crippen LogP contribution in [0.2, 0.25) is 0 Å². The van der Waals surface area contributed by atoms with Crippen LogP contribution in [0.1, 0.15) is 31.9 Å². The molecule has 0 bridgehead atoms. The lowest BCUT2D eigenvalue weighted by atomic mass is 10.1. The molecule has 0 saturated carbocycles. The summed E-state index contributed by atoms with van der Waals surface area (Å²) in [4.78, 5) is 11.4. The molecule has 1 amide bonds. The summed E-state index contributed by atoms with van der Waals surface area (Å²) in [6.07, 6.45) is -0.179. The average Bonchev–Trinajstić information content (AvgIpc) is 2.42. The van der Waals surface area contributed by atoms with Gasteiger partial charge in [-0.25, -0.2) is 0 Å². The third kappa shape index (κ3) is 6.04. The molecule has 0 fully saturated rings. The molecule has 1 aromatic rings. The van der Waals surface area contributed by atoms with Crippen LogP contribution in [-0.2, 0) is 4.79 Å². The molecule has 0 aliphatic carbocycles. The number of methoxy groups -OCH3 is 1. The predicted molar refractivity (Wildman–Crippen MR) is 78.7 cm³/mol. The largest absolute Gasteiger partial charge is 0.497 e. The number of carbonyl (C=O) groups is 1. The Bertz CT molecular complexity index is 404. The van der Waals surface area contributed by atoms with Gasteiger partial charge in [-0.15, -0.1) is 0 Å². The second kappa shape index (κ2) is 8.55. The van der Waals surface area contributed by atoms with E-state index < -0.39 is 6.10 Å². The Kier molecular flexibility index (Phi) is 7.04. The number of nitrogens with one attached hydrogen (secondary N) is 2. The Labute approximate surface area is 120 Å². The smallest absolute Gasteiger partial charge is 0.221 e. The molecule has 0 saturated heterocycles. The SMILES string of the molecule is COc1ccc(C(O)CNCCC(=O)NC(C)C)cc1. The first-order chi connectivity index (χ1) is 9.52. The van der Waals surface area contributed by atoms with Crippen molar-refractivity contribution in [3.8, 4) is 5.75 Å². The van der Waals surface area contributed by atoms with Gasteiger partial charge in [-0.3, -0.25) is 4.79 Å². The van der Waals surface area contributed by atoms with Crippen molar-refractivity contribution in [2.45, 2.75) is 32.4 Å². The summed E-state index contributed by atoms with van der Waals surface area (Å²) in [5.41, 5.74) is 0.824. The molecule has 1 aromatic carbocycles. The molecule has 1 rings (SSSR count). The van der Waals surface area contributed by atoms with E-state index in [0.717, 1.165) is 11.3 Å². The summed E-state index contributed by atoms with van der Waals surface area (Å²) < 4.78 is 5.06. The highest BCUT2D eigenvalue weighted by Gasteiger charge is 2.08. The minimum absolute atomic E-state index is 0.0198. The Morgan fingerprint density at radius 2 is 1.95 bits per heavy atom. The van der Waals surface area contributed by atoms with E-state index in [-0.39, 0.29) is 11.9 Å². The van der Waals surface area contributed by atoms with Gasteiger partial charge in [0.2, 0.25) is 5.91 Å². The summed E-state index contributed by atoms with van der Waals surface area (Å²) in [5, 5.41) is 15.9. The molecule has 0 aliphatic rings. The van der Waals surface area contributed by atoms with Gasteiger partial charge in [-0.05, 0) is 31.5 Å². The standard InChI is InChI=1S/C15H24N2O3/c1-11(2)17-15(19)8-9-16-10-14(18)12-4-6-13(20-3)7-5-12/h4-7,11,14,16,18H,8-10H2,1-3H3,(H,17,19). The number of aliphatic hydroxyl groups is 1. The third-order valence-electron chi connectivity index (χ3n) is 2.82. The van der Waals surface area contributed by atoms with E-state index in [1.54, 1.807) is 7.11 Å². The van der Waals surface area contributed by atoms with Crippen LogP contribution in [0.3, 0.4) is 0 Å². The van der Waals surface area contributed by atoms with E-state index in [0.29, 0.717) is 19.5 Å². The van der Waals surface area contributed by atoms with Crippen molar-refractivity contribution in [1.29, 1.82) is 0 Å². The molecule has 20 heavy (non-hydrogen) atoms. The van der Waals surface area contributed by atoms with Gasteiger partial charge in [0.05, 0.1) is 13.2 Å². The number of rotatable bonds is 8. The number of amides is 1. The zero-order chi connectivity index (χ0) is 15.0. The number of hydrogen-bond donors (Lipinski definition) is 3. The Balaban J connectivity index is 2.25. The van der Waals surface area contributed by atoms with Crippen LogP contribution in [0.25, 0.3) is 0 Å². The van der Waals surface area contributed by atoms with Crippen molar-refractivity contribution < 1.29 is 14.6 Å². The highest BCUT2D eigenvalue weighted by molar-refractivity contribution is 5.76. The van der Waals surface area contributed by atoms with Gasteiger partial charge in [0, 0.05) is 25.6 Å².